The van der Waals surface area contributed by atoms with E-state index in [1.54, 1.807) is 6.92 Å². The first-order valence-corrected chi connectivity index (χ1v) is 9.48. The third-order valence-corrected chi connectivity index (χ3v) is 4.50. The van der Waals surface area contributed by atoms with Crippen LogP contribution in [-0.2, 0) is 14.7 Å². The Labute approximate surface area is 163 Å². The summed E-state index contributed by atoms with van der Waals surface area (Å²) < 4.78 is 36.6. The van der Waals surface area contributed by atoms with Crippen molar-refractivity contribution in [2.24, 2.45) is 9.98 Å². The van der Waals surface area contributed by atoms with Crippen molar-refractivity contribution in [3.63, 3.8) is 0 Å². The zero-order valence-electron chi connectivity index (χ0n) is 14.8. The zero-order valence-corrected chi connectivity index (χ0v) is 15.6. The van der Waals surface area contributed by atoms with E-state index in [-0.39, 0.29) is 18.8 Å². The topological polar surface area (TPSA) is 196 Å². The molecule has 0 spiro atoms. The fraction of sp³-hybridized carbons (Fsp3) is 0.462. The number of hydroxylamine groups is 2. The van der Waals surface area contributed by atoms with E-state index < -0.39 is 40.6 Å². The van der Waals surface area contributed by atoms with Gasteiger partial charge in [0.05, 0.1) is 31.0 Å². The van der Waals surface area contributed by atoms with Crippen LogP contribution in [0.4, 0.5) is 14.4 Å². The van der Waals surface area contributed by atoms with E-state index >= 15 is 0 Å². The third-order valence-electron chi connectivity index (χ3n) is 4.15. The molecule has 15 nitrogen and oxygen atoms in total. The highest BCUT2D eigenvalue weighted by molar-refractivity contribution is 7.80. The molecule has 16 heteroatoms. The Morgan fingerprint density at radius 2 is 2.21 bits per heavy atom. The van der Waals surface area contributed by atoms with E-state index in [9.17, 15) is 22.8 Å². The number of carbonyl (C=O) groups is 3. The number of carbonyl (C=O) groups excluding carboxylic acids is 2. The first kappa shape index (κ1) is 20.4. The van der Waals surface area contributed by atoms with Gasteiger partial charge < -0.3 is 15.3 Å². The second-order valence-electron chi connectivity index (χ2n) is 5.86. The van der Waals surface area contributed by atoms with Crippen LogP contribution in [0.5, 0.6) is 0 Å². The fourth-order valence-electron chi connectivity index (χ4n) is 3.16. The molecule has 2 aliphatic rings. The Balaban J connectivity index is 2.05. The van der Waals surface area contributed by atoms with Gasteiger partial charge in [0.1, 0.15) is 12.1 Å². The van der Waals surface area contributed by atoms with Gasteiger partial charge in [-0.2, -0.15) is 23.3 Å². The zero-order chi connectivity index (χ0) is 21.3. The van der Waals surface area contributed by atoms with Crippen molar-refractivity contribution in [2.45, 2.75) is 19.0 Å². The Morgan fingerprint density at radius 1 is 1.48 bits per heavy atom. The molecule has 0 radical (unpaired) electrons. The molecular weight excluding hydrogens is 414 g/mol. The van der Waals surface area contributed by atoms with E-state index in [4.69, 9.17) is 9.66 Å². The maximum Gasteiger partial charge on any atom is 0.440 e. The van der Waals surface area contributed by atoms with Crippen molar-refractivity contribution in [2.75, 3.05) is 19.6 Å². The van der Waals surface area contributed by atoms with Crippen molar-refractivity contribution < 1.29 is 36.7 Å². The molecule has 2 aliphatic heterocycles. The summed E-state index contributed by atoms with van der Waals surface area (Å²) in [5, 5.41) is 15.5. The van der Waals surface area contributed by atoms with Crippen LogP contribution in [0.15, 0.2) is 16.2 Å². The Kier molecular flexibility index (Phi) is 5.34. The van der Waals surface area contributed by atoms with Gasteiger partial charge in [0.15, 0.2) is 0 Å². The SMILES string of the molecule is CCNC(=O)n1ncc2c1C(CN=C=NC(=O)O)N1CC2N(OS(=O)(=O)O)C1=O. The first-order chi connectivity index (χ1) is 13.6. The van der Waals surface area contributed by atoms with Gasteiger partial charge in [0.2, 0.25) is 0 Å². The van der Waals surface area contributed by atoms with Crippen LogP contribution < -0.4 is 5.32 Å². The van der Waals surface area contributed by atoms with E-state index in [1.807, 2.05) is 6.01 Å². The Morgan fingerprint density at radius 3 is 2.83 bits per heavy atom. The van der Waals surface area contributed by atoms with Gasteiger partial charge in [0.25, 0.3) is 0 Å². The smallest absolute Gasteiger partial charge is 0.440 e. The molecule has 0 aromatic carbocycles. The lowest BCUT2D eigenvalue weighted by atomic mass is 9.98. The number of fused-ring (bicyclic) bond motifs is 4. The summed E-state index contributed by atoms with van der Waals surface area (Å²) in [6.45, 7) is 1.70. The minimum absolute atomic E-state index is 0.0430. The second kappa shape index (κ2) is 7.59. The van der Waals surface area contributed by atoms with Crippen molar-refractivity contribution >= 4 is 34.6 Å². The van der Waals surface area contributed by atoms with Gasteiger partial charge in [-0.05, 0) is 6.92 Å². The molecule has 1 aromatic heterocycles. The molecule has 29 heavy (non-hydrogen) atoms. The summed E-state index contributed by atoms with van der Waals surface area (Å²) >= 11 is 0. The predicted molar refractivity (Wildman–Crippen MR) is 91.5 cm³/mol. The highest BCUT2D eigenvalue weighted by Gasteiger charge is 2.52. The quantitative estimate of drug-likeness (QED) is 0.422. The fourth-order valence-corrected chi connectivity index (χ4v) is 3.53. The predicted octanol–water partition coefficient (Wildman–Crippen LogP) is -0.120. The molecule has 3 N–H and O–H groups in total. The number of amides is 4. The van der Waals surface area contributed by atoms with Crippen molar-refractivity contribution in [3.8, 4) is 0 Å². The van der Waals surface area contributed by atoms with Crippen molar-refractivity contribution in [1.82, 2.24) is 25.1 Å². The number of carboxylic acid groups (broad SMARTS) is 1. The normalized spacial score (nSPS) is 20.1. The molecule has 1 aromatic rings. The standard InChI is InChI=1S/C13H15N7O8S/c1-2-15-11(21)19-10-7(3-17-19)9-5-18(8(10)4-14-6-16-12(22)23)13(24)20(9)28-29(25,26)27/h3,8-9H,2,4-5H2,1H3,(H,15,21)(H,22,23)(H,25,26,27). The summed E-state index contributed by atoms with van der Waals surface area (Å²) in [5.74, 6) is 0. The molecule has 3 rings (SSSR count). The highest BCUT2D eigenvalue weighted by Crippen LogP contribution is 2.44. The second-order valence-corrected chi connectivity index (χ2v) is 6.87. The molecule has 4 amide bonds. The van der Waals surface area contributed by atoms with Gasteiger partial charge in [0, 0.05) is 12.1 Å². The molecule has 2 unspecified atom stereocenters. The minimum Gasteiger partial charge on any atom is -0.463 e. The van der Waals surface area contributed by atoms with Gasteiger partial charge in [-0.15, -0.1) is 9.28 Å². The summed E-state index contributed by atoms with van der Waals surface area (Å²) in [5.41, 5.74) is 0.528. The first-order valence-electron chi connectivity index (χ1n) is 8.12. The molecule has 0 saturated carbocycles. The average molecular weight is 429 g/mol. The third kappa shape index (κ3) is 3.95. The molecule has 1 fully saturated rings. The van der Waals surface area contributed by atoms with Gasteiger partial charge in [-0.3, -0.25) is 4.55 Å². The van der Waals surface area contributed by atoms with E-state index in [0.29, 0.717) is 17.2 Å². The van der Waals surface area contributed by atoms with Gasteiger partial charge in [-0.1, -0.05) is 0 Å². The number of aromatic nitrogens is 2. The number of urea groups is 1. The van der Waals surface area contributed by atoms with Crippen LogP contribution in [0.3, 0.4) is 0 Å². The van der Waals surface area contributed by atoms with Crippen LogP contribution >= 0.6 is 0 Å². The van der Waals surface area contributed by atoms with Crippen LogP contribution in [0.25, 0.3) is 0 Å². The lowest BCUT2D eigenvalue weighted by Crippen LogP contribution is -2.39. The average Bonchev–Trinajstić information content (AvgIpc) is 3.16. The highest BCUT2D eigenvalue weighted by atomic mass is 32.3. The van der Waals surface area contributed by atoms with E-state index in [0.717, 1.165) is 9.58 Å². The van der Waals surface area contributed by atoms with E-state index in [2.05, 4.69) is 24.7 Å². The number of rotatable bonds is 5. The number of hydrogen-bond donors (Lipinski definition) is 3. The molecule has 1 saturated heterocycles. The lowest BCUT2D eigenvalue weighted by molar-refractivity contribution is -0.0317. The van der Waals surface area contributed by atoms with Crippen molar-refractivity contribution in [3.05, 3.63) is 17.5 Å². The summed E-state index contributed by atoms with van der Waals surface area (Å²) in [6.07, 6.45) is -0.247. The van der Waals surface area contributed by atoms with Crippen LogP contribution in [-0.4, -0.2) is 81.6 Å². The molecule has 2 bridgehead atoms. The lowest BCUT2D eigenvalue weighted by Gasteiger charge is -2.29. The van der Waals surface area contributed by atoms with Crippen molar-refractivity contribution in [1.29, 1.82) is 0 Å². The molecular formula is C13H15N7O8S. The summed E-state index contributed by atoms with van der Waals surface area (Å²) in [7, 11) is -4.99. The minimum atomic E-state index is -4.99. The number of aliphatic imine (C=N–C) groups is 2. The maximum absolute atomic E-state index is 12.6. The summed E-state index contributed by atoms with van der Waals surface area (Å²) in [4.78, 5) is 43.2. The largest absolute Gasteiger partial charge is 0.463 e. The van der Waals surface area contributed by atoms with Gasteiger partial charge >= 0.3 is 28.6 Å². The Bertz CT molecular complexity index is 1030. The molecule has 2 atom stereocenters. The van der Waals surface area contributed by atoms with E-state index in [1.165, 1.54) is 6.20 Å². The number of nitrogens with zero attached hydrogens (tertiary/aromatic N) is 6. The maximum atomic E-state index is 12.6. The Hall–Kier alpha value is -3.33. The molecule has 156 valence electrons. The van der Waals surface area contributed by atoms with Crippen LogP contribution in [0.1, 0.15) is 30.3 Å². The van der Waals surface area contributed by atoms with Crippen LogP contribution in [0, 0.1) is 0 Å². The monoisotopic (exact) mass is 429 g/mol. The summed E-state index contributed by atoms with van der Waals surface area (Å²) in [6, 6.07) is -1.43. The molecule has 0 aliphatic carbocycles. The van der Waals surface area contributed by atoms with Gasteiger partial charge in [-0.25, -0.2) is 19.4 Å². The molecule has 3 heterocycles. The number of nitrogens with one attached hydrogen (secondary N) is 1. The van der Waals surface area contributed by atoms with Crippen LogP contribution in [0.2, 0.25) is 0 Å². The number of hydrogen-bond acceptors (Lipinski definition) is 8.